The summed E-state index contributed by atoms with van der Waals surface area (Å²) >= 11 is 0. The first-order valence-corrected chi connectivity index (χ1v) is 7.56. The van der Waals surface area contributed by atoms with Crippen molar-refractivity contribution in [2.24, 2.45) is 5.92 Å². The van der Waals surface area contributed by atoms with Crippen LogP contribution in [0, 0.1) is 12.8 Å². The maximum atomic E-state index is 10.6. The van der Waals surface area contributed by atoms with Gasteiger partial charge in [-0.3, -0.25) is 0 Å². The van der Waals surface area contributed by atoms with E-state index in [4.69, 9.17) is 0 Å². The van der Waals surface area contributed by atoms with Gasteiger partial charge < -0.3 is 15.7 Å². The van der Waals surface area contributed by atoms with Crippen LogP contribution in [0.5, 0.6) is 0 Å². The molecule has 1 aromatic rings. The first-order valence-electron chi connectivity index (χ1n) is 7.56. The molecule has 0 amide bonds. The highest BCUT2D eigenvalue weighted by molar-refractivity contribution is 5.47. The highest BCUT2D eigenvalue weighted by Crippen LogP contribution is 2.31. The fourth-order valence-electron chi connectivity index (χ4n) is 2.66. The van der Waals surface area contributed by atoms with Crippen LogP contribution in [0.4, 0.5) is 11.6 Å². The van der Waals surface area contributed by atoms with Crippen molar-refractivity contribution in [3.8, 4) is 0 Å². The number of anilines is 2. The van der Waals surface area contributed by atoms with Crippen LogP contribution in [0.25, 0.3) is 0 Å². The van der Waals surface area contributed by atoms with Crippen molar-refractivity contribution in [1.82, 2.24) is 9.97 Å². The molecule has 1 aliphatic rings. The number of hydrogen-bond donors (Lipinski definition) is 3. The van der Waals surface area contributed by atoms with Crippen molar-refractivity contribution >= 4 is 11.6 Å². The first kappa shape index (κ1) is 15.0. The predicted molar refractivity (Wildman–Crippen MR) is 82.0 cm³/mol. The Bertz CT molecular complexity index is 441. The van der Waals surface area contributed by atoms with Gasteiger partial charge in [0.2, 0.25) is 0 Å². The minimum atomic E-state index is -0.594. The van der Waals surface area contributed by atoms with Crippen molar-refractivity contribution in [2.45, 2.75) is 52.1 Å². The molecule has 5 heteroatoms. The van der Waals surface area contributed by atoms with Gasteiger partial charge in [-0.25, -0.2) is 9.97 Å². The zero-order valence-corrected chi connectivity index (χ0v) is 12.7. The molecule has 0 bridgehead atoms. The largest absolute Gasteiger partial charge is 0.388 e. The van der Waals surface area contributed by atoms with Gasteiger partial charge in [-0.15, -0.1) is 0 Å². The second-order valence-electron chi connectivity index (χ2n) is 5.98. The van der Waals surface area contributed by atoms with Crippen LogP contribution in [-0.2, 0) is 0 Å². The zero-order chi connectivity index (χ0) is 14.6. The van der Waals surface area contributed by atoms with Gasteiger partial charge in [-0.1, -0.05) is 6.92 Å². The van der Waals surface area contributed by atoms with Crippen molar-refractivity contribution in [1.29, 1.82) is 0 Å². The number of nitrogens with zero attached hydrogens (tertiary/aromatic N) is 2. The number of nitrogens with one attached hydrogen (secondary N) is 2. The summed E-state index contributed by atoms with van der Waals surface area (Å²) in [6, 6.07) is 1.89. The van der Waals surface area contributed by atoms with E-state index in [0.29, 0.717) is 6.54 Å². The summed E-state index contributed by atoms with van der Waals surface area (Å²) in [5.74, 6) is 3.07. The number of rotatable bonds is 5. The van der Waals surface area contributed by atoms with Crippen LogP contribution in [-0.4, -0.2) is 33.8 Å². The number of hydrogen-bond acceptors (Lipinski definition) is 5. The molecular formula is C15H26N4O. The Kier molecular flexibility index (Phi) is 4.81. The second-order valence-corrected chi connectivity index (χ2v) is 5.98. The molecule has 0 spiro atoms. The molecule has 5 nitrogen and oxygen atoms in total. The van der Waals surface area contributed by atoms with Gasteiger partial charge in [0.25, 0.3) is 0 Å². The Morgan fingerprint density at radius 3 is 2.45 bits per heavy atom. The third kappa shape index (κ3) is 4.07. The normalized spacial score (nSPS) is 26.3. The van der Waals surface area contributed by atoms with Crippen LogP contribution in [0.3, 0.4) is 0 Å². The topological polar surface area (TPSA) is 70.1 Å². The first-order chi connectivity index (χ1) is 9.50. The SMILES string of the molecule is CCNc1cc(NCC2(O)CCC(C)CC2)nc(C)n1. The Morgan fingerprint density at radius 2 is 1.85 bits per heavy atom. The molecule has 1 saturated carbocycles. The Morgan fingerprint density at radius 1 is 1.25 bits per heavy atom. The predicted octanol–water partition coefficient (Wildman–Crippen LogP) is 2.57. The summed E-state index contributed by atoms with van der Waals surface area (Å²) in [4.78, 5) is 8.69. The molecule has 1 fully saturated rings. The standard InChI is InChI=1S/C15H26N4O/c1-4-16-13-9-14(19-12(3)18-13)17-10-15(20)7-5-11(2)6-8-15/h9,11,20H,4-8,10H2,1-3H3,(H2,16,17,18,19). The molecule has 0 unspecified atom stereocenters. The van der Waals surface area contributed by atoms with E-state index < -0.39 is 5.60 Å². The lowest BCUT2D eigenvalue weighted by Crippen LogP contribution is -2.40. The van der Waals surface area contributed by atoms with Gasteiger partial charge in [-0.2, -0.15) is 0 Å². The maximum Gasteiger partial charge on any atom is 0.131 e. The lowest BCUT2D eigenvalue weighted by Gasteiger charge is -2.35. The highest BCUT2D eigenvalue weighted by Gasteiger charge is 2.31. The van der Waals surface area contributed by atoms with Gasteiger partial charge in [0, 0.05) is 19.2 Å². The van der Waals surface area contributed by atoms with Crippen molar-refractivity contribution < 1.29 is 5.11 Å². The summed E-state index contributed by atoms with van der Waals surface area (Å²) in [5.41, 5.74) is -0.594. The molecule has 112 valence electrons. The molecular weight excluding hydrogens is 252 g/mol. The number of aryl methyl sites for hydroxylation is 1. The third-order valence-corrected chi connectivity index (χ3v) is 4.00. The minimum Gasteiger partial charge on any atom is -0.388 e. The minimum absolute atomic E-state index is 0.557. The number of aliphatic hydroxyl groups is 1. The lowest BCUT2D eigenvalue weighted by molar-refractivity contribution is 0.00494. The van der Waals surface area contributed by atoms with E-state index in [-0.39, 0.29) is 0 Å². The Hall–Kier alpha value is -1.36. The molecule has 1 aliphatic carbocycles. The van der Waals surface area contributed by atoms with Crippen molar-refractivity contribution in [3.05, 3.63) is 11.9 Å². The van der Waals surface area contributed by atoms with Gasteiger partial charge in [0.1, 0.15) is 17.5 Å². The average molecular weight is 278 g/mol. The van der Waals surface area contributed by atoms with Crippen LogP contribution in [0.1, 0.15) is 45.4 Å². The molecule has 0 atom stereocenters. The smallest absolute Gasteiger partial charge is 0.131 e. The average Bonchev–Trinajstić information content (AvgIpc) is 2.40. The summed E-state index contributed by atoms with van der Waals surface area (Å²) < 4.78 is 0. The molecule has 20 heavy (non-hydrogen) atoms. The van der Waals surface area contributed by atoms with Gasteiger partial charge in [0.05, 0.1) is 5.60 Å². The molecule has 0 radical (unpaired) electrons. The number of aromatic nitrogens is 2. The zero-order valence-electron chi connectivity index (χ0n) is 12.7. The molecule has 3 N–H and O–H groups in total. The second kappa shape index (κ2) is 6.39. The van der Waals surface area contributed by atoms with E-state index in [0.717, 1.165) is 55.6 Å². The molecule has 1 heterocycles. The van der Waals surface area contributed by atoms with Crippen LogP contribution in [0.15, 0.2) is 6.07 Å². The summed E-state index contributed by atoms with van der Waals surface area (Å²) in [5, 5.41) is 17.0. The van der Waals surface area contributed by atoms with E-state index in [9.17, 15) is 5.11 Å². The van der Waals surface area contributed by atoms with E-state index >= 15 is 0 Å². The fourth-order valence-corrected chi connectivity index (χ4v) is 2.66. The van der Waals surface area contributed by atoms with Crippen molar-refractivity contribution in [3.63, 3.8) is 0 Å². The summed E-state index contributed by atoms with van der Waals surface area (Å²) in [6.07, 6.45) is 3.93. The fraction of sp³-hybridized carbons (Fsp3) is 0.733. The monoisotopic (exact) mass is 278 g/mol. The molecule has 0 saturated heterocycles. The van der Waals surface area contributed by atoms with Crippen LogP contribution >= 0.6 is 0 Å². The quantitative estimate of drug-likeness (QED) is 0.772. The van der Waals surface area contributed by atoms with E-state index in [1.165, 1.54) is 0 Å². The lowest BCUT2D eigenvalue weighted by atomic mass is 9.79. The maximum absolute atomic E-state index is 10.6. The molecule has 0 aliphatic heterocycles. The van der Waals surface area contributed by atoms with Gasteiger partial charge in [0.15, 0.2) is 0 Å². The summed E-state index contributed by atoms with van der Waals surface area (Å²) in [6.45, 7) is 7.56. The van der Waals surface area contributed by atoms with Crippen molar-refractivity contribution in [2.75, 3.05) is 23.7 Å². The molecule has 1 aromatic heterocycles. The summed E-state index contributed by atoms with van der Waals surface area (Å²) in [7, 11) is 0. The third-order valence-electron chi connectivity index (χ3n) is 4.00. The van der Waals surface area contributed by atoms with Gasteiger partial charge in [-0.05, 0) is 45.4 Å². The van der Waals surface area contributed by atoms with E-state index in [1.54, 1.807) is 0 Å². The van der Waals surface area contributed by atoms with E-state index in [1.807, 2.05) is 19.9 Å². The van der Waals surface area contributed by atoms with Crippen LogP contribution in [0.2, 0.25) is 0 Å². The van der Waals surface area contributed by atoms with Gasteiger partial charge >= 0.3 is 0 Å². The van der Waals surface area contributed by atoms with E-state index in [2.05, 4.69) is 27.5 Å². The molecule has 2 rings (SSSR count). The Labute approximate surface area is 121 Å². The van der Waals surface area contributed by atoms with Crippen LogP contribution < -0.4 is 10.6 Å². The highest BCUT2D eigenvalue weighted by atomic mass is 16.3. The molecule has 0 aromatic carbocycles. The Balaban J connectivity index is 1.96.